The van der Waals surface area contributed by atoms with E-state index in [-0.39, 0.29) is 11.3 Å². The summed E-state index contributed by atoms with van der Waals surface area (Å²) < 4.78 is 2.78. The zero-order valence-corrected chi connectivity index (χ0v) is 14.1. The van der Waals surface area contributed by atoms with Crippen LogP contribution in [0.25, 0.3) is 11.0 Å². The predicted octanol–water partition coefficient (Wildman–Crippen LogP) is 3.57. The van der Waals surface area contributed by atoms with Gasteiger partial charge in [0.25, 0.3) is 0 Å². The van der Waals surface area contributed by atoms with Gasteiger partial charge in [-0.3, -0.25) is 9.78 Å². The summed E-state index contributed by atoms with van der Waals surface area (Å²) in [5.41, 5.74) is 1.70. The van der Waals surface area contributed by atoms with Crippen LogP contribution >= 0.6 is 15.9 Å². The first-order valence-corrected chi connectivity index (χ1v) is 7.64. The predicted molar refractivity (Wildman–Crippen MR) is 87.9 cm³/mol. The van der Waals surface area contributed by atoms with Crippen molar-refractivity contribution in [1.82, 2.24) is 19.5 Å². The summed E-state index contributed by atoms with van der Waals surface area (Å²) in [6.45, 7) is 6.22. The minimum Gasteiger partial charge on any atom is -0.326 e. The molecule has 0 unspecified atom stereocenters. The molecule has 0 atom stereocenters. The number of pyridine rings is 1. The maximum Gasteiger partial charge on any atom is 0.196 e. The summed E-state index contributed by atoms with van der Waals surface area (Å²) in [7, 11) is 0. The van der Waals surface area contributed by atoms with Crippen LogP contribution in [0.4, 0.5) is 0 Å². The van der Waals surface area contributed by atoms with E-state index in [2.05, 4.69) is 51.7 Å². The molecule has 3 rings (SSSR count). The van der Waals surface area contributed by atoms with Crippen molar-refractivity contribution >= 4 is 32.7 Å². The molecule has 0 aliphatic rings. The maximum atomic E-state index is 12.8. The first kappa shape index (κ1) is 14.8. The van der Waals surface area contributed by atoms with Crippen molar-refractivity contribution in [3.05, 3.63) is 52.8 Å². The van der Waals surface area contributed by atoms with E-state index in [0.29, 0.717) is 11.1 Å². The molecule has 0 saturated carbocycles. The standard InChI is InChI=1S/C16H15BrN4O/c1-16(2,3)21-8-13(12-7-19-9-20-15(12)21)14(22)10-4-11(17)6-18-5-10/h4-9H,1-3H3. The van der Waals surface area contributed by atoms with Crippen LogP contribution in [0.2, 0.25) is 0 Å². The fourth-order valence-corrected chi connectivity index (χ4v) is 2.71. The van der Waals surface area contributed by atoms with Crippen molar-refractivity contribution in [3.8, 4) is 0 Å². The summed E-state index contributed by atoms with van der Waals surface area (Å²) in [5, 5.41) is 0.752. The lowest BCUT2D eigenvalue weighted by atomic mass is 10.1. The van der Waals surface area contributed by atoms with Gasteiger partial charge >= 0.3 is 0 Å². The van der Waals surface area contributed by atoms with Crippen LogP contribution in [0.1, 0.15) is 36.7 Å². The molecule has 0 bridgehead atoms. The summed E-state index contributed by atoms with van der Waals surface area (Å²) in [6.07, 6.45) is 8.25. The van der Waals surface area contributed by atoms with Crippen molar-refractivity contribution in [3.63, 3.8) is 0 Å². The molecule has 0 amide bonds. The van der Waals surface area contributed by atoms with E-state index in [1.807, 2.05) is 10.8 Å². The third-order valence-electron chi connectivity index (χ3n) is 3.40. The zero-order chi connectivity index (χ0) is 15.9. The van der Waals surface area contributed by atoms with E-state index >= 15 is 0 Å². The summed E-state index contributed by atoms with van der Waals surface area (Å²) >= 11 is 3.35. The Balaban J connectivity index is 2.21. The van der Waals surface area contributed by atoms with Crippen molar-refractivity contribution in [2.75, 3.05) is 0 Å². The number of fused-ring (bicyclic) bond motifs is 1. The van der Waals surface area contributed by atoms with Crippen LogP contribution in [-0.4, -0.2) is 25.3 Å². The van der Waals surface area contributed by atoms with Gasteiger partial charge in [0.15, 0.2) is 5.78 Å². The lowest BCUT2D eigenvalue weighted by Crippen LogP contribution is -2.21. The second kappa shape index (κ2) is 5.28. The van der Waals surface area contributed by atoms with Crippen LogP contribution in [-0.2, 0) is 5.54 Å². The fraction of sp³-hybridized carbons (Fsp3) is 0.250. The first-order chi connectivity index (χ1) is 10.4. The molecule has 112 valence electrons. The lowest BCUT2D eigenvalue weighted by Gasteiger charge is -2.21. The largest absolute Gasteiger partial charge is 0.326 e. The molecule has 0 aliphatic heterocycles. The van der Waals surface area contributed by atoms with E-state index < -0.39 is 0 Å². The first-order valence-electron chi connectivity index (χ1n) is 6.85. The third kappa shape index (κ3) is 2.54. The number of nitrogens with zero attached hydrogens (tertiary/aromatic N) is 4. The SMILES string of the molecule is CC(C)(C)n1cc(C(=O)c2cncc(Br)c2)c2cncnc21. The van der Waals surface area contributed by atoms with E-state index in [9.17, 15) is 4.79 Å². The molecular formula is C16H15BrN4O. The maximum absolute atomic E-state index is 12.8. The summed E-state index contributed by atoms with van der Waals surface area (Å²) in [5.74, 6) is -0.0865. The molecule has 0 N–H and O–H groups in total. The summed E-state index contributed by atoms with van der Waals surface area (Å²) in [6, 6.07) is 1.76. The number of carbonyl (C=O) groups is 1. The molecule has 0 aliphatic carbocycles. The minimum absolute atomic E-state index is 0.0865. The molecule has 5 nitrogen and oxygen atoms in total. The molecule has 0 saturated heterocycles. The molecule has 6 heteroatoms. The lowest BCUT2D eigenvalue weighted by molar-refractivity contribution is 0.103. The Hall–Kier alpha value is -2.08. The van der Waals surface area contributed by atoms with Gasteiger partial charge in [0.05, 0.1) is 5.56 Å². The van der Waals surface area contributed by atoms with E-state index in [0.717, 1.165) is 15.5 Å². The van der Waals surface area contributed by atoms with Gasteiger partial charge in [-0.2, -0.15) is 0 Å². The van der Waals surface area contributed by atoms with Crippen molar-refractivity contribution in [2.24, 2.45) is 0 Å². The molecule has 3 heterocycles. The number of aromatic nitrogens is 4. The van der Waals surface area contributed by atoms with Crippen LogP contribution in [0.15, 0.2) is 41.7 Å². The highest BCUT2D eigenvalue weighted by Gasteiger charge is 2.23. The Morgan fingerprint density at radius 3 is 2.64 bits per heavy atom. The molecule has 3 aromatic heterocycles. The topological polar surface area (TPSA) is 60.7 Å². The van der Waals surface area contributed by atoms with Gasteiger partial charge in [-0.05, 0) is 42.8 Å². The molecule has 0 spiro atoms. The Kier molecular flexibility index (Phi) is 3.56. The van der Waals surface area contributed by atoms with Gasteiger partial charge in [-0.1, -0.05) is 0 Å². The van der Waals surface area contributed by atoms with E-state index in [4.69, 9.17) is 0 Å². The number of halogens is 1. The average molecular weight is 359 g/mol. The Labute approximate surface area is 136 Å². The highest BCUT2D eigenvalue weighted by Crippen LogP contribution is 2.27. The monoisotopic (exact) mass is 358 g/mol. The van der Waals surface area contributed by atoms with Crippen LogP contribution in [0.3, 0.4) is 0 Å². The average Bonchev–Trinajstić information content (AvgIpc) is 2.86. The van der Waals surface area contributed by atoms with Gasteiger partial charge in [-0.25, -0.2) is 9.97 Å². The molecule has 3 aromatic rings. The Bertz CT molecular complexity index is 864. The number of carbonyl (C=O) groups excluding carboxylic acids is 1. The summed E-state index contributed by atoms with van der Waals surface area (Å²) in [4.78, 5) is 25.3. The smallest absolute Gasteiger partial charge is 0.196 e. The van der Waals surface area contributed by atoms with Crippen LogP contribution < -0.4 is 0 Å². The quantitative estimate of drug-likeness (QED) is 0.657. The number of hydrogen-bond donors (Lipinski definition) is 0. The molecule has 22 heavy (non-hydrogen) atoms. The van der Waals surface area contributed by atoms with Crippen molar-refractivity contribution in [2.45, 2.75) is 26.3 Å². The Morgan fingerprint density at radius 1 is 1.18 bits per heavy atom. The fourth-order valence-electron chi connectivity index (χ4n) is 2.35. The molecular weight excluding hydrogens is 344 g/mol. The van der Waals surface area contributed by atoms with Crippen molar-refractivity contribution in [1.29, 1.82) is 0 Å². The highest BCUT2D eigenvalue weighted by atomic mass is 79.9. The van der Waals surface area contributed by atoms with Gasteiger partial charge in [-0.15, -0.1) is 0 Å². The molecule has 0 aromatic carbocycles. The van der Waals surface area contributed by atoms with Gasteiger partial charge in [0.1, 0.15) is 12.0 Å². The number of ketones is 1. The second-order valence-electron chi connectivity index (χ2n) is 6.06. The second-order valence-corrected chi connectivity index (χ2v) is 6.98. The normalized spacial score (nSPS) is 11.8. The van der Waals surface area contributed by atoms with Crippen LogP contribution in [0, 0.1) is 0 Å². The van der Waals surface area contributed by atoms with Crippen LogP contribution in [0.5, 0.6) is 0 Å². The molecule has 0 radical (unpaired) electrons. The van der Waals surface area contributed by atoms with Gasteiger partial charge in [0, 0.05) is 45.7 Å². The van der Waals surface area contributed by atoms with E-state index in [1.165, 1.54) is 6.33 Å². The molecule has 0 fully saturated rings. The van der Waals surface area contributed by atoms with E-state index in [1.54, 1.807) is 24.7 Å². The minimum atomic E-state index is -0.180. The highest BCUT2D eigenvalue weighted by molar-refractivity contribution is 9.10. The zero-order valence-electron chi connectivity index (χ0n) is 12.5. The third-order valence-corrected chi connectivity index (χ3v) is 3.84. The van der Waals surface area contributed by atoms with Gasteiger partial charge < -0.3 is 4.57 Å². The number of rotatable bonds is 2. The number of hydrogen-bond acceptors (Lipinski definition) is 4. The Morgan fingerprint density at radius 2 is 1.95 bits per heavy atom. The van der Waals surface area contributed by atoms with Crippen molar-refractivity contribution < 1.29 is 4.79 Å². The van der Waals surface area contributed by atoms with Gasteiger partial charge in [0.2, 0.25) is 0 Å².